The van der Waals surface area contributed by atoms with Crippen molar-refractivity contribution in [2.24, 2.45) is 0 Å². The van der Waals surface area contributed by atoms with Crippen molar-refractivity contribution < 1.29 is 0 Å². The predicted octanol–water partition coefficient (Wildman–Crippen LogP) is 2.91. The maximum atomic E-state index is 12.3. The number of thiophene rings is 1. The van der Waals surface area contributed by atoms with Crippen LogP contribution < -0.4 is 11.0 Å². The largest absolute Gasteiger partial charge is 0.368 e. The molecule has 0 aliphatic carbocycles. The van der Waals surface area contributed by atoms with E-state index < -0.39 is 0 Å². The molecule has 0 aromatic carbocycles. The second kappa shape index (κ2) is 6.21. The molecular formula is C18H20N6OS. The van der Waals surface area contributed by atoms with Crippen molar-refractivity contribution in [2.75, 3.05) is 11.9 Å². The average molecular weight is 368 g/mol. The van der Waals surface area contributed by atoms with Crippen molar-refractivity contribution in [3.8, 4) is 0 Å². The molecule has 0 aliphatic heterocycles. The standard InChI is InChI=1S/C18H20N6OS/c1-18(2,3)12-10-26-16-14(12)15(20-11-21-16)19-7-9-24-17(25)23-8-5-4-6-13(23)22-24/h4-6,8,10-11H,7,9H2,1-3H3,(H,19,20,21). The Hall–Kier alpha value is -2.74. The number of fused-ring (bicyclic) bond motifs is 2. The van der Waals surface area contributed by atoms with Crippen molar-refractivity contribution in [1.29, 1.82) is 0 Å². The summed E-state index contributed by atoms with van der Waals surface area (Å²) in [6.07, 6.45) is 3.30. The first-order valence-electron chi connectivity index (χ1n) is 8.46. The first kappa shape index (κ1) is 16.7. The van der Waals surface area contributed by atoms with E-state index in [1.807, 2.05) is 18.2 Å². The molecule has 8 heteroatoms. The Balaban J connectivity index is 1.59. The number of nitrogens with one attached hydrogen (secondary N) is 1. The third-order valence-electron chi connectivity index (χ3n) is 4.28. The van der Waals surface area contributed by atoms with Gasteiger partial charge in [-0.2, -0.15) is 0 Å². The number of hydrogen-bond donors (Lipinski definition) is 1. The van der Waals surface area contributed by atoms with Gasteiger partial charge in [-0.15, -0.1) is 16.4 Å². The van der Waals surface area contributed by atoms with Gasteiger partial charge in [0, 0.05) is 12.7 Å². The minimum absolute atomic E-state index is 0.0118. The zero-order valence-corrected chi connectivity index (χ0v) is 15.7. The molecular weight excluding hydrogens is 348 g/mol. The lowest BCUT2D eigenvalue weighted by Crippen LogP contribution is -2.24. The van der Waals surface area contributed by atoms with E-state index in [1.165, 1.54) is 10.2 Å². The summed E-state index contributed by atoms with van der Waals surface area (Å²) in [5, 5.41) is 10.9. The van der Waals surface area contributed by atoms with Crippen LogP contribution in [0.25, 0.3) is 15.9 Å². The molecule has 4 rings (SSSR count). The van der Waals surface area contributed by atoms with E-state index in [9.17, 15) is 4.79 Å². The molecule has 0 saturated carbocycles. The first-order valence-corrected chi connectivity index (χ1v) is 9.34. The van der Waals surface area contributed by atoms with Crippen molar-refractivity contribution in [1.82, 2.24) is 24.1 Å². The van der Waals surface area contributed by atoms with Gasteiger partial charge in [0.15, 0.2) is 5.65 Å². The van der Waals surface area contributed by atoms with Crippen LogP contribution in [0.15, 0.2) is 40.9 Å². The van der Waals surface area contributed by atoms with E-state index in [4.69, 9.17) is 0 Å². The normalized spacial score (nSPS) is 12.1. The summed E-state index contributed by atoms with van der Waals surface area (Å²) >= 11 is 1.63. The van der Waals surface area contributed by atoms with Gasteiger partial charge in [-0.05, 0) is 28.5 Å². The smallest absolute Gasteiger partial charge is 0.350 e. The van der Waals surface area contributed by atoms with Crippen LogP contribution in [0.3, 0.4) is 0 Å². The molecule has 4 heterocycles. The van der Waals surface area contributed by atoms with E-state index in [1.54, 1.807) is 28.3 Å². The lowest BCUT2D eigenvalue weighted by Gasteiger charge is -2.18. The molecule has 134 valence electrons. The molecule has 4 aromatic heterocycles. The average Bonchev–Trinajstić information content (AvgIpc) is 3.18. The predicted molar refractivity (Wildman–Crippen MR) is 104 cm³/mol. The van der Waals surface area contributed by atoms with Gasteiger partial charge in [0.25, 0.3) is 0 Å². The van der Waals surface area contributed by atoms with Crippen molar-refractivity contribution in [3.63, 3.8) is 0 Å². The van der Waals surface area contributed by atoms with Crippen molar-refractivity contribution in [2.45, 2.75) is 32.7 Å². The third kappa shape index (κ3) is 2.86. The number of nitrogens with zero attached hydrogens (tertiary/aromatic N) is 5. The zero-order chi connectivity index (χ0) is 18.3. The Morgan fingerprint density at radius 3 is 2.85 bits per heavy atom. The fraction of sp³-hybridized carbons (Fsp3) is 0.333. The SMILES string of the molecule is CC(C)(C)c1csc2ncnc(NCCn3nc4ccccn4c3=O)c12. The Bertz CT molecular complexity index is 1130. The summed E-state index contributed by atoms with van der Waals surface area (Å²) in [6.45, 7) is 7.56. The number of aromatic nitrogens is 5. The summed E-state index contributed by atoms with van der Waals surface area (Å²) in [5.41, 5.74) is 1.75. The van der Waals surface area contributed by atoms with E-state index >= 15 is 0 Å². The van der Waals surface area contributed by atoms with Crippen LogP contribution in [0.2, 0.25) is 0 Å². The summed E-state index contributed by atoms with van der Waals surface area (Å²) < 4.78 is 3.01. The van der Waals surface area contributed by atoms with Crippen LogP contribution in [-0.4, -0.2) is 30.7 Å². The summed E-state index contributed by atoms with van der Waals surface area (Å²) in [5.74, 6) is 0.804. The first-order chi connectivity index (χ1) is 12.4. The molecule has 1 N–H and O–H groups in total. The molecule has 26 heavy (non-hydrogen) atoms. The molecule has 0 fully saturated rings. The lowest BCUT2D eigenvalue weighted by atomic mass is 9.87. The van der Waals surface area contributed by atoms with Crippen molar-refractivity contribution in [3.05, 3.63) is 52.2 Å². The molecule has 4 aromatic rings. The van der Waals surface area contributed by atoms with Gasteiger partial charge in [0.1, 0.15) is 17.0 Å². The van der Waals surface area contributed by atoms with Gasteiger partial charge >= 0.3 is 5.69 Å². The molecule has 0 aliphatic rings. The van der Waals surface area contributed by atoms with E-state index in [0.717, 1.165) is 16.0 Å². The molecule has 0 saturated heterocycles. The highest BCUT2D eigenvalue weighted by atomic mass is 32.1. The molecule has 0 unspecified atom stereocenters. The second-order valence-electron chi connectivity index (χ2n) is 7.16. The van der Waals surface area contributed by atoms with E-state index in [-0.39, 0.29) is 11.1 Å². The van der Waals surface area contributed by atoms with Gasteiger partial charge < -0.3 is 5.32 Å². The second-order valence-corrected chi connectivity index (χ2v) is 8.02. The van der Waals surface area contributed by atoms with Gasteiger partial charge in [-0.3, -0.25) is 4.40 Å². The van der Waals surface area contributed by atoms with Crippen LogP contribution in [0, 0.1) is 0 Å². The maximum absolute atomic E-state index is 12.3. The summed E-state index contributed by atoms with van der Waals surface area (Å²) in [7, 11) is 0. The number of rotatable bonds is 4. The minimum atomic E-state index is -0.138. The topological polar surface area (TPSA) is 77.1 Å². The Morgan fingerprint density at radius 2 is 2.08 bits per heavy atom. The quantitative estimate of drug-likeness (QED) is 0.599. The fourth-order valence-electron chi connectivity index (χ4n) is 2.95. The third-order valence-corrected chi connectivity index (χ3v) is 5.17. The lowest BCUT2D eigenvalue weighted by molar-refractivity contribution is 0.597. The number of hydrogen-bond acceptors (Lipinski definition) is 6. The fourth-order valence-corrected chi connectivity index (χ4v) is 4.09. The van der Waals surface area contributed by atoms with Crippen LogP contribution in [0.1, 0.15) is 26.3 Å². The van der Waals surface area contributed by atoms with Gasteiger partial charge in [0.05, 0.1) is 11.9 Å². The minimum Gasteiger partial charge on any atom is -0.368 e. The van der Waals surface area contributed by atoms with Crippen LogP contribution >= 0.6 is 11.3 Å². The Kier molecular flexibility index (Phi) is 3.99. The Morgan fingerprint density at radius 1 is 1.23 bits per heavy atom. The zero-order valence-electron chi connectivity index (χ0n) is 14.9. The van der Waals surface area contributed by atoms with Crippen molar-refractivity contribution >= 4 is 33.0 Å². The maximum Gasteiger partial charge on any atom is 0.350 e. The highest BCUT2D eigenvalue weighted by Gasteiger charge is 2.21. The van der Waals surface area contributed by atoms with Crippen LogP contribution in [0.5, 0.6) is 0 Å². The van der Waals surface area contributed by atoms with Gasteiger partial charge in [-0.1, -0.05) is 26.8 Å². The molecule has 7 nitrogen and oxygen atoms in total. The highest BCUT2D eigenvalue weighted by Crippen LogP contribution is 2.36. The summed E-state index contributed by atoms with van der Waals surface area (Å²) in [4.78, 5) is 22.1. The van der Waals surface area contributed by atoms with E-state index in [2.05, 4.69) is 46.5 Å². The Labute approximate surface area is 154 Å². The number of anilines is 1. The van der Waals surface area contributed by atoms with Gasteiger partial charge in [-0.25, -0.2) is 19.4 Å². The highest BCUT2D eigenvalue weighted by molar-refractivity contribution is 7.17. The van der Waals surface area contributed by atoms with Crippen LogP contribution in [-0.2, 0) is 12.0 Å². The number of pyridine rings is 1. The molecule has 0 radical (unpaired) electrons. The monoisotopic (exact) mass is 368 g/mol. The molecule has 0 bridgehead atoms. The molecule has 0 amide bonds. The molecule has 0 spiro atoms. The van der Waals surface area contributed by atoms with E-state index in [0.29, 0.717) is 18.7 Å². The molecule has 0 atom stereocenters. The van der Waals surface area contributed by atoms with Crippen LogP contribution in [0.4, 0.5) is 5.82 Å². The summed E-state index contributed by atoms with van der Waals surface area (Å²) in [6, 6.07) is 5.51. The van der Waals surface area contributed by atoms with Gasteiger partial charge in [0.2, 0.25) is 0 Å².